The lowest BCUT2D eigenvalue weighted by atomic mass is 9.78. The molecule has 1 aliphatic rings. The molecule has 0 heterocycles. The maximum absolute atomic E-state index is 10.1. The summed E-state index contributed by atoms with van der Waals surface area (Å²) in [6.45, 7) is 5.56. The molecule has 2 N–H and O–H groups in total. The van der Waals surface area contributed by atoms with Crippen LogP contribution in [0.1, 0.15) is 33.1 Å². The minimum Gasteiger partial charge on any atom is -0.491 e. The summed E-state index contributed by atoms with van der Waals surface area (Å²) in [5.74, 6) is 2.24. The first kappa shape index (κ1) is 16.8. The van der Waals surface area contributed by atoms with Crippen molar-refractivity contribution in [3.63, 3.8) is 0 Å². The molecule has 1 aliphatic carbocycles. The molecule has 0 bridgehead atoms. The molecule has 118 valence electrons. The molecule has 1 aromatic carbocycles. The summed E-state index contributed by atoms with van der Waals surface area (Å²) in [6.07, 6.45) is 3.35. The van der Waals surface area contributed by atoms with Gasteiger partial charge < -0.3 is 15.2 Å². The third kappa shape index (κ3) is 5.28. The van der Waals surface area contributed by atoms with Gasteiger partial charge in [0.2, 0.25) is 0 Å². The zero-order chi connectivity index (χ0) is 15.2. The molecule has 3 nitrogen and oxygen atoms in total. The molecule has 21 heavy (non-hydrogen) atoms. The summed E-state index contributed by atoms with van der Waals surface area (Å²) >= 11 is 3.39. The smallest absolute Gasteiger partial charge is 0.119 e. The quantitative estimate of drug-likeness (QED) is 0.818. The Labute approximate surface area is 136 Å². The first-order valence-electron chi connectivity index (χ1n) is 7.86. The Kier molecular flexibility index (Phi) is 6.52. The summed E-state index contributed by atoms with van der Waals surface area (Å²) in [7, 11) is 0. The maximum Gasteiger partial charge on any atom is 0.119 e. The highest BCUT2D eigenvalue weighted by Gasteiger charge is 2.26. The topological polar surface area (TPSA) is 41.5 Å². The molecule has 0 spiro atoms. The van der Waals surface area contributed by atoms with Gasteiger partial charge in [-0.1, -0.05) is 42.6 Å². The molecule has 1 fully saturated rings. The third-order valence-corrected chi connectivity index (χ3v) is 5.11. The molecule has 0 aromatic heterocycles. The van der Waals surface area contributed by atoms with Crippen molar-refractivity contribution in [2.45, 2.75) is 45.3 Å². The second-order valence-corrected chi connectivity index (χ2v) is 7.12. The lowest BCUT2D eigenvalue weighted by molar-refractivity contribution is 0.0946. The number of rotatable bonds is 6. The number of hydrogen-bond donors (Lipinski definition) is 2. The summed E-state index contributed by atoms with van der Waals surface area (Å²) in [5, 5.41) is 13.6. The van der Waals surface area contributed by atoms with Crippen LogP contribution in [-0.4, -0.2) is 30.4 Å². The van der Waals surface area contributed by atoms with Crippen LogP contribution < -0.4 is 10.1 Å². The van der Waals surface area contributed by atoms with Crippen molar-refractivity contribution in [1.82, 2.24) is 5.32 Å². The number of benzene rings is 1. The zero-order valence-electron chi connectivity index (χ0n) is 12.9. The lowest BCUT2D eigenvalue weighted by Gasteiger charge is -2.35. The van der Waals surface area contributed by atoms with Crippen LogP contribution in [0.5, 0.6) is 5.75 Å². The van der Waals surface area contributed by atoms with E-state index in [9.17, 15) is 5.11 Å². The van der Waals surface area contributed by atoms with Crippen LogP contribution in [-0.2, 0) is 0 Å². The van der Waals surface area contributed by atoms with Gasteiger partial charge in [0, 0.05) is 17.1 Å². The first-order chi connectivity index (χ1) is 10.1. The minimum atomic E-state index is -0.474. The molecule has 1 saturated carbocycles. The number of nitrogens with one attached hydrogen (secondary N) is 1. The van der Waals surface area contributed by atoms with Gasteiger partial charge in [-0.25, -0.2) is 0 Å². The van der Waals surface area contributed by atoms with Crippen LogP contribution in [0.4, 0.5) is 0 Å². The molecule has 2 rings (SSSR count). The van der Waals surface area contributed by atoms with Crippen LogP contribution in [0.2, 0.25) is 0 Å². The summed E-state index contributed by atoms with van der Waals surface area (Å²) in [5.41, 5.74) is 0. The fraction of sp³-hybridized carbons (Fsp3) is 0.647. The Morgan fingerprint density at radius 3 is 2.71 bits per heavy atom. The van der Waals surface area contributed by atoms with Crippen molar-refractivity contribution >= 4 is 15.9 Å². The SMILES string of the molecule is CC1CCCC(NCC(O)COc2ccc(Br)cc2)C1C. The summed E-state index contributed by atoms with van der Waals surface area (Å²) in [6, 6.07) is 8.19. The maximum atomic E-state index is 10.1. The van der Waals surface area contributed by atoms with Crippen molar-refractivity contribution in [1.29, 1.82) is 0 Å². The predicted molar refractivity (Wildman–Crippen MR) is 89.6 cm³/mol. The van der Waals surface area contributed by atoms with Gasteiger partial charge in [-0.2, -0.15) is 0 Å². The Balaban J connectivity index is 1.69. The van der Waals surface area contributed by atoms with E-state index in [-0.39, 0.29) is 0 Å². The Morgan fingerprint density at radius 2 is 2.00 bits per heavy atom. The Morgan fingerprint density at radius 1 is 1.29 bits per heavy atom. The van der Waals surface area contributed by atoms with Crippen LogP contribution in [0.25, 0.3) is 0 Å². The van der Waals surface area contributed by atoms with E-state index in [4.69, 9.17) is 4.74 Å². The number of aliphatic hydroxyl groups excluding tert-OH is 1. The predicted octanol–water partition coefficient (Wildman–Crippen LogP) is 3.60. The zero-order valence-corrected chi connectivity index (χ0v) is 14.5. The molecule has 0 aliphatic heterocycles. The van der Waals surface area contributed by atoms with Gasteiger partial charge in [-0.15, -0.1) is 0 Å². The van der Waals surface area contributed by atoms with E-state index in [2.05, 4.69) is 35.1 Å². The molecular weight excluding hydrogens is 330 g/mol. The van der Waals surface area contributed by atoms with Gasteiger partial charge >= 0.3 is 0 Å². The van der Waals surface area contributed by atoms with Gasteiger partial charge in [0.15, 0.2) is 0 Å². The lowest BCUT2D eigenvalue weighted by Crippen LogP contribution is -2.44. The van der Waals surface area contributed by atoms with Crippen LogP contribution >= 0.6 is 15.9 Å². The molecular formula is C17H26BrNO2. The van der Waals surface area contributed by atoms with E-state index in [1.165, 1.54) is 19.3 Å². The second kappa shape index (κ2) is 8.16. The largest absolute Gasteiger partial charge is 0.491 e. The molecule has 0 saturated heterocycles. The van der Waals surface area contributed by atoms with Gasteiger partial charge in [0.1, 0.15) is 18.5 Å². The van der Waals surface area contributed by atoms with Crippen LogP contribution in [0, 0.1) is 11.8 Å². The van der Waals surface area contributed by atoms with Crippen molar-refractivity contribution in [2.24, 2.45) is 11.8 Å². The monoisotopic (exact) mass is 355 g/mol. The van der Waals surface area contributed by atoms with E-state index in [0.29, 0.717) is 25.1 Å². The van der Waals surface area contributed by atoms with Gasteiger partial charge in [0.25, 0.3) is 0 Å². The normalized spacial score (nSPS) is 27.3. The summed E-state index contributed by atoms with van der Waals surface area (Å²) < 4.78 is 6.63. The van der Waals surface area contributed by atoms with Crippen molar-refractivity contribution < 1.29 is 9.84 Å². The molecule has 1 aromatic rings. The molecule has 0 amide bonds. The van der Waals surface area contributed by atoms with E-state index >= 15 is 0 Å². The highest BCUT2D eigenvalue weighted by atomic mass is 79.9. The van der Waals surface area contributed by atoms with E-state index in [1.807, 2.05) is 24.3 Å². The summed E-state index contributed by atoms with van der Waals surface area (Å²) in [4.78, 5) is 0. The highest BCUT2D eigenvalue weighted by Crippen LogP contribution is 2.29. The fourth-order valence-corrected chi connectivity index (χ4v) is 3.20. The molecule has 4 heteroatoms. The Bertz CT molecular complexity index is 423. The van der Waals surface area contributed by atoms with Crippen molar-refractivity contribution in [3.05, 3.63) is 28.7 Å². The molecule has 4 unspecified atom stereocenters. The van der Waals surface area contributed by atoms with Gasteiger partial charge in [0.05, 0.1) is 0 Å². The van der Waals surface area contributed by atoms with Crippen LogP contribution in [0.3, 0.4) is 0 Å². The van der Waals surface area contributed by atoms with E-state index < -0.39 is 6.10 Å². The minimum absolute atomic E-state index is 0.325. The highest BCUT2D eigenvalue weighted by molar-refractivity contribution is 9.10. The fourth-order valence-electron chi connectivity index (χ4n) is 2.94. The van der Waals surface area contributed by atoms with Crippen LogP contribution in [0.15, 0.2) is 28.7 Å². The van der Waals surface area contributed by atoms with Crippen molar-refractivity contribution in [3.8, 4) is 5.75 Å². The number of hydrogen-bond acceptors (Lipinski definition) is 3. The number of ether oxygens (including phenoxy) is 1. The first-order valence-corrected chi connectivity index (χ1v) is 8.65. The standard InChI is InChI=1S/C17H26BrNO2/c1-12-4-3-5-17(13(12)2)19-10-15(20)11-21-16-8-6-14(18)7-9-16/h6-9,12-13,15,17,19-20H,3-5,10-11H2,1-2H3. The third-order valence-electron chi connectivity index (χ3n) is 4.58. The van der Waals surface area contributed by atoms with Gasteiger partial charge in [-0.3, -0.25) is 0 Å². The Hall–Kier alpha value is -0.580. The van der Waals surface area contributed by atoms with Gasteiger partial charge in [-0.05, 0) is 42.5 Å². The average Bonchev–Trinajstić information content (AvgIpc) is 2.48. The number of aliphatic hydroxyl groups is 1. The average molecular weight is 356 g/mol. The van der Waals surface area contributed by atoms with E-state index in [0.717, 1.165) is 16.1 Å². The molecule has 0 radical (unpaired) electrons. The van der Waals surface area contributed by atoms with E-state index in [1.54, 1.807) is 0 Å². The number of halogens is 1. The molecule has 4 atom stereocenters. The second-order valence-electron chi connectivity index (χ2n) is 6.20. The van der Waals surface area contributed by atoms with Crippen molar-refractivity contribution in [2.75, 3.05) is 13.2 Å².